The lowest BCUT2D eigenvalue weighted by Gasteiger charge is -2.11. The molecule has 1 saturated carbocycles. The van der Waals surface area contributed by atoms with E-state index in [0.717, 1.165) is 35.7 Å². The monoisotopic (exact) mass is 341 g/mol. The summed E-state index contributed by atoms with van der Waals surface area (Å²) in [7, 11) is 0. The van der Waals surface area contributed by atoms with Crippen molar-refractivity contribution in [3.05, 3.63) is 35.7 Å². The minimum Gasteiger partial charge on any atom is -0.326 e. The molecule has 1 aliphatic carbocycles. The number of nitrogens with zero attached hydrogens (tertiary/aromatic N) is 4. The number of carbonyl (C=O) groups is 1. The normalized spacial score (nSPS) is 14.1. The van der Waals surface area contributed by atoms with E-state index in [1.165, 1.54) is 12.8 Å². The average Bonchev–Trinajstić information content (AvgIpc) is 3.33. The van der Waals surface area contributed by atoms with E-state index in [2.05, 4.69) is 38.9 Å². The van der Waals surface area contributed by atoms with E-state index in [9.17, 15) is 4.79 Å². The highest BCUT2D eigenvalue weighted by Gasteiger charge is 2.29. The van der Waals surface area contributed by atoms with Gasteiger partial charge in [-0.05, 0) is 43.7 Å². The van der Waals surface area contributed by atoms with Crippen LogP contribution in [0.4, 0.5) is 5.69 Å². The first-order chi connectivity index (χ1) is 12.0. The van der Waals surface area contributed by atoms with E-state index in [1.807, 2.05) is 13.0 Å². The Morgan fingerprint density at radius 3 is 2.64 bits per heavy atom. The van der Waals surface area contributed by atoms with Crippen LogP contribution in [0.3, 0.4) is 0 Å². The summed E-state index contributed by atoms with van der Waals surface area (Å²) in [4.78, 5) is 16.3. The molecule has 1 N–H and O–H groups in total. The smallest absolute Gasteiger partial charge is 0.224 e. The number of carbonyl (C=O) groups excluding carboxylic acids is 1. The van der Waals surface area contributed by atoms with Crippen LogP contribution in [0.5, 0.6) is 0 Å². The number of pyridine rings is 1. The maximum atomic E-state index is 12.3. The molecule has 6 heteroatoms. The van der Waals surface area contributed by atoms with Crippen LogP contribution in [0, 0.1) is 12.8 Å². The van der Waals surface area contributed by atoms with Crippen molar-refractivity contribution in [2.24, 2.45) is 5.92 Å². The van der Waals surface area contributed by atoms with E-state index in [0.29, 0.717) is 24.8 Å². The van der Waals surface area contributed by atoms with Gasteiger partial charge in [-0.25, -0.2) is 0 Å². The number of hydrogen-bond acceptors (Lipinski definition) is 4. The van der Waals surface area contributed by atoms with Gasteiger partial charge < -0.3 is 9.88 Å². The summed E-state index contributed by atoms with van der Waals surface area (Å²) in [6.07, 6.45) is 8.95. The predicted octanol–water partition coefficient (Wildman–Crippen LogP) is 3.48. The zero-order valence-corrected chi connectivity index (χ0v) is 15.3. The first-order valence-electron chi connectivity index (χ1n) is 9.17. The highest BCUT2D eigenvalue weighted by atomic mass is 16.1. The van der Waals surface area contributed by atoms with Crippen LogP contribution in [-0.4, -0.2) is 25.7 Å². The summed E-state index contributed by atoms with van der Waals surface area (Å²) < 4.78 is 2.29. The fourth-order valence-electron chi connectivity index (χ4n) is 2.93. The van der Waals surface area contributed by atoms with Gasteiger partial charge in [-0.1, -0.05) is 13.8 Å². The lowest BCUT2D eigenvalue weighted by atomic mass is 10.1. The molecule has 0 atom stereocenters. The molecule has 0 radical (unpaired) electrons. The Balaban J connectivity index is 1.61. The Hall–Kier alpha value is -2.24. The number of amides is 1. The molecule has 0 bridgehead atoms. The van der Waals surface area contributed by atoms with Crippen LogP contribution in [0.15, 0.2) is 18.5 Å². The fraction of sp³-hybridized carbons (Fsp3) is 0.579. The summed E-state index contributed by atoms with van der Waals surface area (Å²) in [5.74, 6) is 2.69. The van der Waals surface area contributed by atoms with Gasteiger partial charge in [-0.15, -0.1) is 10.2 Å². The highest BCUT2D eigenvalue weighted by Crippen LogP contribution is 2.37. The van der Waals surface area contributed by atoms with Crippen molar-refractivity contribution >= 4 is 11.6 Å². The SMILES string of the molecule is Cc1cnccc1NC(=O)CCc1nnc(CCC(C)C)n1C1CC1. The Labute approximate surface area is 149 Å². The zero-order valence-electron chi connectivity index (χ0n) is 15.3. The second-order valence-electron chi connectivity index (χ2n) is 7.30. The topological polar surface area (TPSA) is 72.7 Å². The van der Waals surface area contributed by atoms with Gasteiger partial charge in [0.2, 0.25) is 5.91 Å². The molecular weight excluding hydrogens is 314 g/mol. The first-order valence-corrected chi connectivity index (χ1v) is 9.17. The van der Waals surface area contributed by atoms with Gasteiger partial charge in [-0.2, -0.15) is 0 Å². The maximum Gasteiger partial charge on any atom is 0.224 e. The van der Waals surface area contributed by atoms with Crippen LogP contribution in [-0.2, 0) is 17.6 Å². The number of hydrogen-bond donors (Lipinski definition) is 1. The van der Waals surface area contributed by atoms with E-state index in [1.54, 1.807) is 12.4 Å². The van der Waals surface area contributed by atoms with Crippen molar-refractivity contribution in [1.29, 1.82) is 0 Å². The molecule has 3 rings (SSSR count). The Bertz CT molecular complexity index is 733. The number of aryl methyl sites for hydroxylation is 3. The molecule has 1 amide bonds. The molecule has 0 aliphatic heterocycles. The van der Waals surface area contributed by atoms with Gasteiger partial charge in [-0.3, -0.25) is 9.78 Å². The fourth-order valence-corrected chi connectivity index (χ4v) is 2.93. The highest BCUT2D eigenvalue weighted by molar-refractivity contribution is 5.91. The summed E-state index contributed by atoms with van der Waals surface area (Å²) >= 11 is 0. The molecule has 0 aromatic carbocycles. The van der Waals surface area contributed by atoms with Crippen LogP contribution in [0.2, 0.25) is 0 Å². The second-order valence-corrected chi connectivity index (χ2v) is 7.30. The van der Waals surface area contributed by atoms with E-state index in [-0.39, 0.29) is 5.91 Å². The van der Waals surface area contributed by atoms with Crippen LogP contribution in [0.1, 0.15) is 62.8 Å². The van der Waals surface area contributed by atoms with E-state index in [4.69, 9.17) is 0 Å². The van der Waals surface area contributed by atoms with Crippen molar-refractivity contribution < 1.29 is 4.79 Å². The van der Waals surface area contributed by atoms with Gasteiger partial charge in [0, 0.05) is 43.4 Å². The molecule has 1 fully saturated rings. The number of anilines is 1. The summed E-state index contributed by atoms with van der Waals surface area (Å²) in [5.41, 5.74) is 1.79. The summed E-state index contributed by atoms with van der Waals surface area (Å²) in [6, 6.07) is 2.36. The Morgan fingerprint density at radius 2 is 2.00 bits per heavy atom. The molecule has 6 nitrogen and oxygen atoms in total. The summed E-state index contributed by atoms with van der Waals surface area (Å²) in [5, 5.41) is 11.7. The number of nitrogens with one attached hydrogen (secondary N) is 1. The predicted molar refractivity (Wildman–Crippen MR) is 97.4 cm³/mol. The Morgan fingerprint density at radius 1 is 1.28 bits per heavy atom. The lowest BCUT2D eigenvalue weighted by Crippen LogP contribution is -2.15. The number of rotatable bonds is 8. The summed E-state index contributed by atoms with van der Waals surface area (Å²) in [6.45, 7) is 6.39. The van der Waals surface area contributed by atoms with Gasteiger partial charge in [0.15, 0.2) is 0 Å². The van der Waals surface area contributed by atoms with Gasteiger partial charge in [0.25, 0.3) is 0 Å². The molecule has 0 spiro atoms. The van der Waals surface area contributed by atoms with Crippen LogP contribution < -0.4 is 5.32 Å². The second kappa shape index (κ2) is 7.76. The largest absolute Gasteiger partial charge is 0.326 e. The van der Waals surface area contributed by atoms with Gasteiger partial charge in [0.1, 0.15) is 11.6 Å². The van der Waals surface area contributed by atoms with Crippen LogP contribution in [0.25, 0.3) is 0 Å². The molecular formula is C19H27N5O. The van der Waals surface area contributed by atoms with Crippen molar-refractivity contribution in [2.75, 3.05) is 5.32 Å². The number of aromatic nitrogens is 4. The lowest BCUT2D eigenvalue weighted by molar-refractivity contribution is -0.116. The Kier molecular flexibility index (Phi) is 5.46. The molecule has 2 aromatic rings. The maximum absolute atomic E-state index is 12.3. The van der Waals surface area contributed by atoms with Crippen molar-refractivity contribution in [2.45, 2.75) is 65.3 Å². The van der Waals surface area contributed by atoms with Gasteiger partial charge in [0.05, 0.1) is 0 Å². The average molecular weight is 341 g/mol. The third-order valence-corrected chi connectivity index (χ3v) is 4.56. The minimum absolute atomic E-state index is 0.00313. The first kappa shape index (κ1) is 17.6. The van der Waals surface area contributed by atoms with Crippen molar-refractivity contribution in [1.82, 2.24) is 19.7 Å². The van der Waals surface area contributed by atoms with E-state index < -0.39 is 0 Å². The third-order valence-electron chi connectivity index (χ3n) is 4.56. The van der Waals surface area contributed by atoms with E-state index >= 15 is 0 Å². The quantitative estimate of drug-likeness (QED) is 0.798. The third kappa shape index (κ3) is 4.65. The van der Waals surface area contributed by atoms with Gasteiger partial charge >= 0.3 is 0 Å². The minimum atomic E-state index is 0.00313. The van der Waals surface area contributed by atoms with Crippen molar-refractivity contribution in [3.63, 3.8) is 0 Å². The molecule has 2 heterocycles. The molecule has 2 aromatic heterocycles. The van der Waals surface area contributed by atoms with Crippen LogP contribution >= 0.6 is 0 Å². The molecule has 1 aliphatic rings. The standard InChI is InChI=1S/C19H27N5O/c1-13(2)4-7-17-22-23-18(24(17)15-5-6-15)8-9-19(25)21-16-10-11-20-12-14(16)3/h10-13,15H,4-9H2,1-3H3,(H,20,21,25). The van der Waals surface area contributed by atoms with Crippen molar-refractivity contribution in [3.8, 4) is 0 Å². The molecule has 25 heavy (non-hydrogen) atoms. The molecule has 134 valence electrons. The zero-order chi connectivity index (χ0) is 17.8. The molecule has 0 unspecified atom stereocenters. The molecule has 0 saturated heterocycles.